The summed E-state index contributed by atoms with van der Waals surface area (Å²) in [5, 5.41) is 0. The van der Waals surface area contributed by atoms with Crippen LogP contribution >= 0.6 is 188 Å². The van der Waals surface area contributed by atoms with Gasteiger partial charge in [-0.15, -0.1) is 94.1 Å². The predicted octanol–water partition coefficient (Wildman–Crippen LogP) is 28.8. The normalized spacial score (nSPS) is 19.8. The van der Waals surface area contributed by atoms with Gasteiger partial charge in [-0.2, -0.15) is 0 Å². The Bertz CT molecular complexity index is 3400. The van der Waals surface area contributed by atoms with Gasteiger partial charge in [0.15, 0.2) is 0 Å². The molecule has 0 saturated heterocycles. The van der Waals surface area contributed by atoms with E-state index in [1.807, 2.05) is 188 Å². The highest BCUT2D eigenvalue weighted by Gasteiger charge is 2.38. The highest BCUT2D eigenvalue weighted by Crippen LogP contribution is 2.68. The molecular formula is C84H112O8S16. The van der Waals surface area contributed by atoms with Gasteiger partial charge in [0.05, 0.1) is 104 Å². The molecule has 20 bridgehead atoms. The summed E-state index contributed by atoms with van der Waals surface area (Å²) in [4.78, 5) is 0. The smallest absolute Gasteiger partial charge is 0.126 e. The molecule has 0 spiro atoms. The van der Waals surface area contributed by atoms with E-state index in [-0.39, 0.29) is 43.3 Å². The number of hydrogen-bond donors (Lipinski definition) is 0. The van der Waals surface area contributed by atoms with E-state index in [0.29, 0.717) is 52.9 Å². The van der Waals surface area contributed by atoms with Crippen molar-refractivity contribution in [1.29, 1.82) is 0 Å². The molecule has 0 unspecified atom stereocenters. The molecule has 0 aliphatic carbocycles. The fourth-order valence-corrected chi connectivity index (χ4v) is 35.4. The Labute approximate surface area is 716 Å². The largest absolute Gasteiger partial charge is 0.492 e. The molecule has 4 aromatic carbocycles. The summed E-state index contributed by atoms with van der Waals surface area (Å²) in [7, 11) is 0. The monoisotopic (exact) mass is 1760 g/mol. The standard InChI is InChI=1S/C84H112O8S16/c1-77(2,3)49-41-50(78(4,5)6)58-45-57(49)85-25-33-93-65-66-95-35-27-87-59-46-60(52(80(10,11)12)42-51(59)79(7,8)9)88-28-36-96-68-67(94-34-26-86-58)103-75(104-68)76-107-71-72(108-76)100-40-32-92-64-48-62(54(82(16,17)18)44-56(64)84(22,23)24)90-30-38-98-70-69(105-74(106-70)73(101-65)102-66)97-37-29-89-61-47-63(91-31-39-99-71)55(83(19,20)21)43-53(61)81(13,14)15/h41-48H,25-40H2,1-24H3. The van der Waals surface area contributed by atoms with Gasteiger partial charge in [-0.25, -0.2) is 0 Å². The molecule has 4 aromatic rings. The summed E-state index contributed by atoms with van der Waals surface area (Å²) >= 11 is 30.6. The van der Waals surface area contributed by atoms with Crippen molar-refractivity contribution in [3.05, 3.63) is 144 Å². The summed E-state index contributed by atoms with van der Waals surface area (Å²) < 4.78 is 72.2. The first-order chi connectivity index (χ1) is 50.6. The van der Waals surface area contributed by atoms with E-state index in [4.69, 9.17) is 37.9 Å². The minimum atomic E-state index is -0.172. The Morgan fingerprint density at radius 1 is 0.167 bits per heavy atom. The molecule has 0 radical (unpaired) electrons. The third-order valence-corrected chi connectivity index (χ3v) is 40.7. The first-order valence-corrected chi connectivity index (χ1v) is 51.7. The van der Waals surface area contributed by atoms with Crippen LogP contribution in [0.3, 0.4) is 0 Å². The van der Waals surface area contributed by atoms with Crippen molar-refractivity contribution in [2.45, 2.75) is 209 Å². The number of thioether (sulfide) groups is 16. The van der Waals surface area contributed by atoms with Crippen molar-refractivity contribution in [3.63, 3.8) is 0 Å². The lowest BCUT2D eigenvalue weighted by Gasteiger charge is -2.29. The highest BCUT2D eigenvalue weighted by atomic mass is 32.3. The maximum atomic E-state index is 7.06. The molecule has 0 fully saturated rings. The van der Waals surface area contributed by atoms with Gasteiger partial charge < -0.3 is 37.9 Å². The molecule has 0 amide bonds. The summed E-state index contributed by atoms with van der Waals surface area (Å²) in [6.45, 7) is 59.4. The van der Waals surface area contributed by atoms with Crippen LogP contribution < -0.4 is 37.9 Å². The third-order valence-electron chi connectivity index (χ3n) is 17.9. The molecule has 0 atom stereocenters. The van der Waals surface area contributed by atoms with Crippen molar-refractivity contribution >= 4 is 188 Å². The predicted molar refractivity (Wildman–Crippen MR) is 502 cm³/mol. The minimum Gasteiger partial charge on any atom is -0.492 e. The van der Waals surface area contributed by atoms with E-state index in [0.717, 1.165) is 92.0 Å². The molecule has 10 aliphatic heterocycles. The third kappa shape index (κ3) is 23.0. The van der Waals surface area contributed by atoms with Crippen molar-refractivity contribution in [2.75, 3.05) is 98.9 Å². The molecule has 0 N–H and O–H groups in total. The molecule has 10 aliphatic rings. The van der Waals surface area contributed by atoms with Crippen molar-refractivity contribution in [3.8, 4) is 46.0 Å². The van der Waals surface area contributed by atoms with Crippen LogP contribution in [0.2, 0.25) is 0 Å². The van der Waals surface area contributed by atoms with Crippen LogP contribution in [0, 0.1) is 0 Å². The van der Waals surface area contributed by atoms with E-state index in [1.165, 1.54) is 95.4 Å². The minimum absolute atomic E-state index is 0.172. The number of hydrogen-bond acceptors (Lipinski definition) is 24. The van der Waals surface area contributed by atoms with Gasteiger partial charge in [0, 0.05) is 115 Å². The quantitative estimate of drug-likeness (QED) is 0.168. The fourth-order valence-electron chi connectivity index (χ4n) is 12.3. The topological polar surface area (TPSA) is 73.8 Å². The highest BCUT2D eigenvalue weighted by molar-refractivity contribution is 8.46. The van der Waals surface area contributed by atoms with Crippen LogP contribution in [0.1, 0.15) is 211 Å². The Kier molecular flexibility index (Phi) is 29.9. The van der Waals surface area contributed by atoms with Crippen LogP contribution in [0.5, 0.6) is 46.0 Å². The van der Waals surface area contributed by atoms with E-state index in [2.05, 4.69) is 215 Å². The van der Waals surface area contributed by atoms with Crippen LogP contribution in [-0.4, -0.2) is 98.9 Å². The molecule has 108 heavy (non-hydrogen) atoms. The lowest BCUT2D eigenvalue weighted by atomic mass is 9.79. The second-order valence-electron chi connectivity index (χ2n) is 35.2. The van der Waals surface area contributed by atoms with E-state index in [1.54, 1.807) is 0 Å². The Morgan fingerprint density at radius 2 is 0.278 bits per heavy atom. The van der Waals surface area contributed by atoms with E-state index in [9.17, 15) is 0 Å². The number of benzene rings is 4. The van der Waals surface area contributed by atoms with Gasteiger partial charge in [-0.1, -0.05) is 260 Å². The molecule has 10 heterocycles. The summed E-state index contributed by atoms with van der Waals surface area (Å²) in [6.07, 6.45) is 0. The zero-order valence-electron chi connectivity index (χ0n) is 67.7. The Morgan fingerprint density at radius 3 is 0.380 bits per heavy atom. The van der Waals surface area contributed by atoms with Gasteiger partial charge in [-0.05, 0) is 67.6 Å². The molecule has 14 rings (SSSR count). The molecular weight excluding hydrogens is 1650 g/mol. The van der Waals surface area contributed by atoms with Crippen molar-refractivity contribution < 1.29 is 37.9 Å². The zero-order chi connectivity index (χ0) is 78.1. The lowest BCUT2D eigenvalue weighted by molar-refractivity contribution is 0.313. The van der Waals surface area contributed by atoms with E-state index >= 15 is 0 Å². The number of ether oxygens (including phenoxy) is 8. The first kappa shape index (κ1) is 88.1. The molecule has 592 valence electrons. The van der Waals surface area contributed by atoms with Crippen molar-refractivity contribution in [2.24, 2.45) is 0 Å². The second-order valence-corrected chi connectivity index (χ2v) is 55.3. The molecule has 0 aromatic heterocycles. The average molecular weight is 1760 g/mol. The second kappa shape index (κ2) is 36.7. The van der Waals surface area contributed by atoms with E-state index < -0.39 is 0 Å². The van der Waals surface area contributed by atoms with Crippen LogP contribution in [0.4, 0.5) is 0 Å². The summed E-state index contributed by atoms with van der Waals surface area (Å²) in [5.41, 5.74) is 8.18. The molecule has 0 saturated carbocycles. The summed E-state index contributed by atoms with van der Waals surface area (Å²) in [5.74, 6) is 13.3. The lowest BCUT2D eigenvalue weighted by Crippen LogP contribution is -2.20. The fraction of sp³-hybridized carbons (Fsp3) is 0.571. The Balaban J connectivity index is 1.04. The zero-order valence-corrected chi connectivity index (χ0v) is 80.8. The van der Waals surface area contributed by atoms with Crippen LogP contribution in [0.15, 0.2) is 99.4 Å². The van der Waals surface area contributed by atoms with Gasteiger partial charge in [0.25, 0.3) is 0 Å². The SMILES string of the molecule is CC(C)(C)c1cc(C(C)(C)C)c2cc1OCCSC1=C3SCCOc4cc(c(C(C)(C)C)cc4C(C)(C)C)OCCSC4=C(SCCO2)SC(=C2SC5=C(SCCOc6cc(c(C(C)(C)C)cc6C(C)(C)C)OCCSC6=C(SCCOc7cc(c(C(C)(C)C)cc7C(C)(C)C)OCCS5)SC(=C(S1)S3)S6)S2)S4. The maximum Gasteiger partial charge on any atom is 0.126 e. The van der Waals surface area contributed by atoms with Crippen molar-refractivity contribution in [1.82, 2.24) is 0 Å². The first-order valence-electron chi connectivity index (χ1n) is 37.3. The Hall–Kier alpha value is -0.680. The number of rotatable bonds is 0. The van der Waals surface area contributed by atoms with Gasteiger partial charge >= 0.3 is 0 Å². The van der Waals surface area contributed by atoms with Gasteiger partial charge in [0.2, 0.25) is 0 Å². The van der Waals surface area contributed by atoms with Crippen LogP contribution in [0.25, 0.3) is 0 Å². The van der Waals surface area contributed by atoms with Gasteiger partial charge in [0.1, 0.15) is 46.0 Å². The molecule has 8 nitrogen and oxygen atoms in total. The van der Waals surface area contributed by atoms with Crippen LogP contribution in [-0.2, 0) is 43.3 Å². The van der Waals surface area contributed by atoms with Gasteiger partial charge in [-0.3, -0.25) is 0 Å². The summed E-state index contributed by atoms with van der Waals surface area (Å²) in [6, 6.07) is 18.3. The molecule has 24 heteroatoms. The average Bonchev–Trinajstić information content (AvgIpc) is 1.46. The maximum absolute atomic E-state index is 7.06.